The predicted octanol–water partition coefficient (Wildman–Crippen LogP) is 3.19. The third-order valence-corrected chi connectivity index (χ3v) is 4.64. The van der Waals surface area contributed by atoms with Crippen molar-refractivity contribution in [2.45, 2.75) is 39.8 Å². The Morgan fingerprint density at radius 1 is 1.35 bits per heavy atom. The van der Waals surface area contributed by atoms with Gasteiger partial charge < -0.3 is 10.5 Å². The third-order valence-electron chi connectivity index (χ3n) is 4.64. The number of ether oxygens (including phenoxy) is 1. The molecule has 2 N–H and O–H groups in total. The number of hydrogen-bond donors (Lipinski definition) is 1. The van der Waals surface area contributed by atoms with Gasteiger partial charge in [0.2, 0.25) is 0 Å². The van der Waals surface area contributed by atoms with Crippen molar-refractivity contribution in [2.75, 3.05) is 20.2 Å². The van der Waals surface area contributed by atoms with Gasteiger partial charge in [-0.25, -0.2) is 0 Å². The quantitative estimate of drug-likeness (QED) is 0.918. The summed E-state index contributed by atoms with van der Waals surface area (Å²) in [5.41, 5.74) is 8.43. The molecule has 0 amide bonds. The van der Waals surface area contributed by atoms with Crippen molar-refractivity contribution >= 4 is 0 Å². The van der Waals surface area contributed by atoms with Crippen molar-refractivity contribution in [3.05, 3.63) is 29.3 Å². The number of piperidine rings is 1. The lowest BCUT2D eigenvalue weighted by Gasteiger charge is -2.35. The van der Waals surface area contributed by atoms with E-state index >= 15 is 0 Å². The van der Waals surface area contributed by atoms with Crippen LogP contribution in [0, 0.1) is 11.8 Å². The second kappa shape index (κ2) is 6.59. The number of hydrogen-bond acceptors (Lipinski definition) is 3. The molecule has 20 heavy (non-hydrogen) atoms. The highest BCUT2D eigenvalue weighted by molar-refractivity contribution is 5.38. The number of nitrogens with two attached hydrogens (primary N) is 1. The highest BCUT2D eigenvalue weighted by Gasteiger charge is 2.23. The van der Waals surface area contributed by atoms with E-state index in [0.717, 1.165) is 24.1 Å². The molecule has 1 aliphatic heterocycles. The summed E-state index contributed by atoms with van der Waals surface area (Å²) in [6.07, 6.45) is 1.29. The lowest BCUT2D eigenvalue weighted by molar-refractivity contribution is 0.131. The minimum Gasteiger partial charge on any atom is -0.496 e. The van der Waals surface area contributed by atoms with Gasteiger partial charge in [-0.15, -0.1) is 0 Å². The van der Waals surface area contributed by atoms with E-state index in [2.05, 4.69) is 30.9 Å². The Labute approximate surface area is 123 Å². The maximum Gasteiger partial charge on any atom is 0.123 e. The second-order valence-electron chi connectivity index (χ2n) is 6.34. The van der Waals surface area contributed by atoms with Crippen LogP contribution in [0.15, 0.2) is 18.2 Å². The van der Waals surface area contributed by atoms with E-state index in [1.807, 2.05) is 13.0 Å². The molecular formula is C17H28N2O. The molecule has 1 aromatic rings. The molecule has 0 saturated carbocycles. The molecule has 3 nitrogen and oxygen atoms in total. The van der Waals surface area contributed by atoms with Gasteiger partial charge in [-0.05, 0) is 49.4 Å². The van der Waals surface area contributed by atoms with Gasteiger partial charge in [0.15, 0.2) is 0 Å². The normalized spacial score (nSPS) is 25.4. The lowest BCUT2D eigenvalue weighted by Crippen LogP contribution is -2.37. The van der Waals surface area contributed by atoms with Crippen LogP contribution in [0.5, 0.6) is 5.75 Å². The Morgan fingerprint density at radius 2 is 2.10 bits per heavy atom. The fourth-order valence-electron chi connectivity index (χ4n) is 2.94. The Bertz CT molecular complexity index is 445. The van der Waals surface area contributed by atoms with Gasteiger partial charge in [-0.2, -0.15) is 0 Å². The SMILES string of the molecule is COc1ccc(C(C)N)cc1CN1CCC(C)C(C)C1. The minimum absolute atomic E-state index is 0.0694. The van der Waals surface area contributed by atoms with E-state index in [-0.39, 0.29) is 6.04 Å². The first kappa shape index (κ1) is 15.3. The zero-order valence-electron chi connectivity index (χ0n) is 13.2. The van der Waals surface area contributed by atoms with Crippen LogP contribution in [0.2, 0.25) is 0 Å². The molecule has 1 heterocycles. The molecule has 0 aromatic heterocycles. The summed E-state index contributed by atoms with van der Waals surface area (Å²) in [5, 5.41) is 0. The van der Waals surface area contributed by atoms with Crippen LogP contribution in [0.4, 0.5) is 0 Å². The standard InChI is InChI=1S/C17H28N2O/c1-12-7-8-19(10-13(12)2)11-16-9-15(14(3)18)5-6-17(16)20-4/h5-6,9,12-14H,7-8,10-11,18H2,1-4H3. The van der Waals surface area contributed by atoms with Crippen molar-refractivity contribution in [1.29, 1.82) is 0 Å². The Balaban J connectivity index is 2.13. The molecule has 0 spiro atoms. The van der Waals surface area contributed by atoms with E-state index in [9.17, 15) is 0 Å². The summed E-state index contributed by atoms with van der Waals surface area (Å²) in [5.74, 6) is 2.58. The van der Waals surface area contributed by atoms with Crippen LogP contribution in [-0.2, 0) is 6.54 Å². The molecule has 2 rings (SSSR count). The summed E-state index contributed by atoms with van der Waals surface area (Å²) in [4.78, 5) is 2.54. The Morgan fingerprint density at radius 3 is 2.70 bits per heavy atom. The number of methoxy groups -OCH3 is 1. The Hall–Kier alpha value is -1.06. The summed E-state index contributed by atoms with van der Waals surface area (Å²) >= 11 is 0. The number of likely N-dealkylation sites (tertiary alicyclic amines) is 1. The topological polar surface area (TPSA) is 38.5 Å². The summed E-state index contributed by atoms with van der Waals surface area (Å²) < 4.78 is 5.50. The van der Waals surface area contributed by atoms with E-state index in [4.69, 9.17) is 10.5 Å². The van der Waals surface area contributed by atoms with Crippen LogP contribution < -0.4 is 10.5 Å². The molecule has 1 saturated heterocycles. The van der Waals surface area contributed by atoms with Gasteiger partial charge in [0.05, 0.1) is 7.11 Å². The van der Waals surface area contributed by atoms with Gasteiger partial charge in [-0.1, -0.05) is 19.9 Å². The van der Waals surface area contributed by atoms with Crippen LogP contribution >= 0.6 is 0 Å². The molecular weight excluding hydrogens is 248 g/mol. The van der Waals surface area contributed by atoms with Gasteiger partial charge in [0.1, 0.15) is 5.75 Å². The van der Waals surface area contributed by atoms with Gasteiger partial charge >= 0.3 is 0 Å². The third kappa shape index (κ3) is 3.53. The molecule has 112 valence electrons. The first-order valence-corrected chi connectivity index (χ1v) is 7.66. The van der Waals surface area contributed by atoms with E-state index < -0.39 is 0 Å². The minimum atomic E-state index is 0.0694. The van der Waals surface area contributed by atoms with Crippen molar-refractivity contribution in [2.24, 2.45) is 17.6 Å². The first-order valence-electron chi connectivity index (χ1n) is 7.66. The van der Waals surface area contributed by atoms with Crippen molar-refractivity contribution in [3.8, 4) is 5.75 Å². The van der Waals surface area contributed by atoms with Crippen LogP contribution in [0.25, 0.3) is 0 Å². The van der Waals surface area contributed by atoms with Crippen LogP contribution in [0.3, 0.4) is 0 Å². The fourth-order valence-corrected chi connectivity index (χ4v) is 2.94. The molecule has 0 aliphatic carbocycles. The van der Waals surface area contributed by atoms with Gasteiger partial charge in [-0.3, -0.25) is 4.90 Å². The largest absolute Gasteiger partial charge is 0.496 e. The molecule has 1 aromatic carbocycles. The summed E-state index contributed by atoms with van der Waals surface area (Å²) in [7, 11) is 1.74. The number of nitrogens with zero attached hydrogens (tertiary/aromatic N) is 1. The molecule has 3 atom stereocenters. The highest BCUT2D eigenvalue weighted by atomic mass is 16.5. The average Bonchev–Trinajstić information content (AvgIpc) is 2.42. The van der Waals surface area contributed by atoms with E-state index in [0.29, 0.717) is 0 Å². The lowest BCUT2D eigenvalue weighted by atomic mass is 9.88. The summed E-state index contributed by atoms with van der Waals surface area (Å²) in [6, 6.07) is 6.38. The van der Waals surface area contributed by atoms with Crippen molar-refractivity contribution in [1.82, 2.24) is 4.90 Å². The maximum absolute atomic E-state index is 5.99. The molecule has 0 radical (unpaired) electrons. The molecule has 3 unspecified atom stereocenters. The zero-order valence-corrected chi connectivity index (χ0v) is 13.2. The van der Waals surface area contributed by atoms with E-state index in [1.54, 1.807) is 7.11 Å². The van der Waals surface area contributed by atoms with Gasteiger partial charge in [0.25, 0.3) is 0 Å². The number of rotatable bonds is 4. The fraction of sp³-hybridized carbons (Fsp3) is 0.647. The van der Waals surface area contributed by atoms with Gasteiger partial charge in [0, 0.05) is 24.7 Å². The number of benzene rings is 1. The molecule has 1 fully saturated rings. The monoisotopic (exact) mass is 276 g/mol. The predicted molar refractivity (Wildman–Crippen MR) is 83.8 cm³/mol. The van der Waals surface area contributed by atoms with Crippen molar-refractivity contribution in [3.63, 3.8) is 0 Å². The first-order chi connectivity index (χ1) is 9.51. The van der Waals surface area contributed by atoms with Crippen LogP contribution in [-0.4, -0.2) is 25.1 Å². The molecule has 0 bridgehead atoms. The average molecular weight is 276 g/mol. The molecule has 3 heteroatoms. The zero-order chi connectivity index (χ0) is 14.7. The Kier molecular flexibility index (Phi) is 5.06. The van der Waals surface area contributed by atoms with E-state index in [1.165, 1.54) is 30.6 Å². The smallest absolute Gasteiger partial charge is 0.123 e. The highest BCUT2D eigenvalue weighted by Crippen LogP contribution is 2.28. The summed E-state index contributed by atoms with van der Waals surface area (Å²) in [6.45, 7) is 10.0. The second-order valence-corrected chi connectivity index (χ2v) is 6.34. The van der Waals surface area contributed by atoms with Crippen molar-refractivity contribution < 1.29 is 4.74 Å². The molecule has 1 aliphatic rings. The maximum atomic E-state index is 5.99. The van der Waals surface area contributed by atoms with Crippen LogP contribution in [0.1, 0.15) is 44.4 Å².